The van der Waals surface area contributed by atoms with Crippen LogP contribution in [0.1, 0.15) is 6.92 Å². The summed E-state index contributed by atoms with van der Waals surface area (Å²) in [6.45, 7) is 1.25. The molecule has 1 aromatic carbocycles. The van der Waals surface area contributed by atoms with Crippen molar-refractivity contribution in [2.45, 2.75) is 13.0 Å². The third-order valence-corrected chi connectivity index (χ3v) is 2.51. The minimum atomic E-state index is -0.944. The fraction of sp³-hybridized carbons (Fsp3) is 0.333. The fourth-order valence-corrected chi connectivity index (χ4v) is 1.80. The summed E-state index contributed by atoms with van der Waals surface area (Å²) in [5.41, 5.74) is 0.428. The number of esters is 1. The summed E-state index contributed by atoms with van der Waals surface area (Å²) >= 11 is 11.6. The Morgan fingerprint density at radius 1 is 1.26 bits per heavy atom. The highest BCUT2D eigenvalue weighted by molar-refractivity contribution is 6.35. The molecular formula is C12H13Cl2NO4. The summed E-state index contributed by atoms with van der Waals surface area (Å²) in [5, 5.41) is 3.34. The third kappa shape index (κ3) is 5.46. The number of halogens is 2. The van der Waals surface area contributed by atoms with E-state index in [1.165, 1.54) is 26.2 Å². The van der Waals surface area contributed by atoms with Gasteiger partial charge >= 0.3 is 5.97 Å². The molecule has 1 atom stereocenters. The first-order valence-corrected chi connectivity index (χ1v) is 6.13. The molecule has 0 aliphatic carbocycles. The SMILES string of the molecule is COCC(=O)O[C@@H](C)C(=O)Nc1cc(Cl)cc(Cl)c1. The van der Waals surface area contributed by atoms with E-state index < -0.39 is 18.0 Å². The molecule has 7 heteroatoms. The average Bonchev–Trinajstić information content (AvgIpc) is 2.27. The van der Waals surface area contributed by atoms with Crippen molar-refractivity contribution in [2.75, 3.05) is 19.0 Å². The van der Waals surface area contributed by atoms with Gasteiger partial charge < -0.3 is 14.8 Å². The highest BCUT2D eigenvalue weighted by Crippen LogP contribution is 2.22. The van der Waals surface area contributed by atoms with Crippen LogP contribution in [0.2, 0.25) is 10.0 Å². The molecule has 19 heavy (non-hydrogen) atoms. The van der Waals surface area contributed by atoms with E-state index in [0.29, 0.717) is 15.7 Å². The third-order valence-electron chi connectivity index (χ3n) is 2.07. The lowest BCUT2D eigenvalue weighted by Gasteiger charge is -2.13. The molecule has 1 rings (SSSR count). The van der Waals surface area contributed by atoms with E-state index >= 15 is 0 Å². The van der Waals surface area contributed by atoms with Gasteiger partial charge in [0, 0.05) is 22.8 Å². The molecule has 104 valence electrons. The highest BCUT2D eigenvalue weighted by atomic mass is 35.5. The minimum Gasteiger partial charge on any atom is -0.451 e. The number of carbonyl (C=O) groups is 2. The molecule has 1 N–H and O–H groups in total. The number of benzene rings is 1. The molecule has 0 unspecified atom stereocenters. The Labute approximate surface area is 120 Å². The van der Waals surface area contributed by atoms with Crippen molar-refractivity contribution in [3.05, 3.63) is 28.2 Å². The van der Waals surface area contributed by atoms with Gasteiger partial charge in [-0.2, -0.15) is 0 Å². The number of carbonyl (C=O) groups excluding carboxylic acids is 2. The van der Waals surface area contributed by atoms with Crippen molar-refractivity contribution >= 4 is 40.8 Å². The summed E-state index contributed by atoms with van der Waals surface area (Å²) in [7, 11) is 1.36. The van der Waals surface area contributed by atoms with Crippen molar-refractivity contribution in [3.8, 4) is 0 Å². The summed E-state index contributed by atoms with van der Waals surface area (Å²) in [4.78, 5) is 22.9. The van der Waals surface area contributed by atoms with Crippen LogP contribution in [0.15, 0.2) is 18.2 Å². The van der Waals surface area contributed by atoms with Crippen molar-refractivity contribution in [2.24, 2.45) is 0 Å². The molecule has 1 aromatic rings. The smallest absolute Gasteiger partial charge is 0.332 e. The number of amides is 1. The van der Waals surface area contributed by atoms with Crippen molar-refractivity contribution in [1.82, 2.24) is 0 Å². The first-order chi connectivity index (χ1) is 8.92. The summed E-state index contributed by atoms with van der Waals surface area (Å²) in [6.07, 6.45) is -0.944. The van der Waals surface area contributed by atoms with Gasteiger partial charge in [0.05, 0.1) is 0 Å². The van der Waals surface area contributed by atoms with Gasteiger partial charge in [0.2, 0.25) is 0 Å². The zero-order valence-electron chi connectivity index (χ0n) is 10.4. The van der Waals surface area contributed by atoms with Crippen LogP contribution in [0.25, 0.3) is 0 Å². The lowest BCUT2D eigenvalue weighted by Crippen LogP contribution is -2.31. The van der Waals surface area contributed by atoms with E-state index in [0.717, 1.165) is 0 Å². The Bertz CT molecular complexity index is 459. The van der Waals surface area contributed by atoms with E-state index in [9.17, 15) is 9.59 Å². The molecule has 0 aliphatic rings. The van der Waals surface area contributed by atoms with Gasteiger partial charge in [0.25, 0.3) is 5.91 Å². The first-order valence-electron chi connectivity index (χ1n) is 5.37. The largest absolute Gasteiger partial charge is 0.451 e. The predicted octanol–water partition coefficient (Wildman–Crippen LogP) is 2.51. The molecular weight excluding hydrogens is 293 g/mol. The molecule has 0 spiro atoms. The quantitative estimate of drug-likeness (QED) is 0.849. The van der Waals surface area contributed by atoms with E-state index in [-0.39, 0.29) is 6.61 Å². The van der Waals surface area contributed by atoms with Gasteiger partial charge in [-0.1, -0.05) is 23.2 Å². The van der Waals surface area contributed by atoms with Gasteiger partial charge in [0.15, 0.2) is 6.10 Å². The molecule has 0 aromatic heterocycles. The van der Waals surface area contributed by atoms with Crippen LogP contribution in [0, 0.1) is 0 Å². The van der Waals surface area contributed by atoms with Crippen LogP contribution >= 0.6 is 23.2 Å². The summed E-state index contributed by atoms with van der Waals surface area (Å²) in [6, 6.07) is 4.62. The number of hydrogen-bond acceptors (Lipinski definition) is 4. The maximum Gasteiger partial charge on any atom is 0.332 e. The van der Waals surface area contributed by atoms with E-state index in [1.54, 1.807) is 6.07 Å². The Kier molecular flexibility index (Phi) is 6.08. The van der Waals surface area contributed by atoms with E-state index in [1.807, 2.05) is 0 Å². The Morgan fingerprint density at radius 3 is 2.37 bits per heavy atom. The van der Waals surface area contributed by atoms with Crippen LogP contribution in [-0.4, -0.2) is 31.7 Å². The molecule has 0 aliphatic heterocycles. The molecule has 5 nitrogen and oxygen atoms in total. The van der Waals surface area contributed by atoms with Crippen LogP contribution in [0.4, 0.5) is 5.69 Å². The van der Waals surface area contributed by atoms with Crippen LogP contribution in [-0.2, 0) is 19.1 Å². The molecule has 0 saturated carbocycles. The lowest BCUT2D eigenvalue weighted by atomic mass is 10.3. The molecule has 0 heterocycles. The number of methoxy groups -OCH3 is 1. The number of nitrogens with one attached hydrogen (secondary N) is 1. The fourth-order valence-electron chi connectivity index (χ4n) is 1.27. The van der Waals surface area contributed by atoms with Crippen molar-refractivity contribution in [1.29, 1.82) is 0 Å². The second-order valence-electron chi connectivity index (χ2n) is 3.71. The van der Waals surface area contributed by atoms with Gasteiger partial charge in [-0.15, -0.1) is 0 Å². The van der Waals surface area contributed by atoms with Crippen molar-refractivity contribution < 1.29 is 19.1 Å². The highest BCUT2D eigenvalue weighted by Gasteiger charge is 2.17. The molecule has 0 radical (unpaired) electrons. The van der Waals surface area contributed by atoms with Crippen molar-refractivity contribution in [3.63, 3.8) is 0 Å². The topological polar surface area (TPSA) is 64.6 Å². The van der Waals surface area contributed by atoms with E-state index in [4.69, 9.17) is 27.9 Å². The van der Waals surface area contributed by atoms with Crippen LogP contribution in [0.3, 0.4) is 0 Å². The van der Waals surface area contributed by atoms with Crippen LogP contribution < -0.4 is 5.32 Å². The van der Waals surface area contributed by atoms with Gasteiger partial charge in [0.1, 0.15) is 6.61 Å². The molecule has 1 amide bonds. The maximum atomic E-state index is 11.8. The minimum absolute atomic E-state index is 0.208. The number of ether oxygens (including phenoxy) is 2. The Morgan fingerprint density at radius 2 is 1.84 bits per heavy atom. The first kappa shape index (κ1) is 15.8. The Hall–Kier alpha value is -1.30. The van der Waals surface area contributed by atoms with E-state index in [2.05, 4.69) is 10.1 Å². The predicted molar refractivity (Wildman–Crippen MR) is 72.5 cm³/mol. The molecule has 0 bridgehead atoms. The van der Waals surface area contributed by atoms with Gasteiger partial charge in [-0.05, 0) is 25.1 Å². The normalized spacial score (nSPS) is 11.8. The van der Waals surface area contributed by atoms with Crippen LogP contribution in [0.5, 0.6) is 0 Å². The zero-order chi connectivity index (χ0) is 14.4. The number of rotatable bonds is 5. The molecule has 0 fully saturated rings. The van der Waals surface area contributed by atoms with Gasteiger partial charge in [-0.3, -0.25) is 4.79 Å². The number of anilines is 1. The standard InChI is InChI=1S/C12H13Cl2NO4/c1-7(19-11(16)6-18-2)12(17)15-10-4-8(13)3-9(14)5-10/h3-5,7H,6H2,1-2H3,(H,15,17)/t7-/m0/s1. The molecule has 0 saturated heterocycles. The summed E-state index contributed by atoms with van der Waals surface area (Å²) < 4.78 is 9.44. The second kappa shape index (κ2) is 7.33. The summed E-state index contributed by atoms with van der Waals surface area (Å²) in [5.74, 6) is -1.10. The lowest BCUT2D eigenvalue weighted by molar-refractivity contribution is -0.156. The average molecular weight is 306 g/mol. The maximum absolute atomic E-state index is 11.8. The van der Waals surface area contributed by atoms with Gasteiger partial charge in [-0.25, -0.2) is 4.79 Å². The number of hydrogen-bond donors (Lipinski definition) is 1. The Balaban J connectivity index is 2.61. The zero-order valence-corrected chi connectivity index (χ0v) is 11.9. The second-order valence-corrected chi connectivity index (χ2v) is 4.59. The monoisotopic (exact) mass is 305 g/mol.